The SMILES string of the molecule is CCCCN1C(=O)C(=O)/C(=C(/O)c2cc(OCC)ccc2Cl)C1c1ccccc1F. The number of hydrogen-bond acceptors (Lipinski definition) is 4. The molecular formula is C23H23ClFNO4. The number of ketones is 1. The van der Waals surface area contributed by atoms with E-state index in [0.29, 0.717) is 18.8 Å². The van der Waals surface area contributed by atoms with Crippen molar-refractivity contribution in [2.45, 2.75) is 32.7 Å². The highest BCUT2D eigenvalue weighted by Crippen LogP contribution is 2.41. The summed E-state index contributed by atoms with van der Waals surface area (Å²) < 4.78 is 20.1. The first-order valence-corrected chi connectivity index (χ1v) is 10.2. The van der Waals surface area contributed by atoms with Gasteiger partial charge in [-0.05, 0) is 37.6 Å². The lowest BCUT2D eigenvalue weighted by atomic mass is 9.94. The minimum Gasteiger partial charge on any atom is -0.507 e. The summed E-state index contributed by atoms with van der Waals surface area (Å²) in [4.78, 5) is 27.0. The Kier molecular flexibility index (Phi) is 6.77. The molecule has 1 saturated heterocycles. The van der Waals surface area contributed by atoms with Crippen LogP contribution in [0.25, 0.3) is 5.76 Å². The fraction of sp³-hybridized carbons (Fsp3) is 0.304. The summed E-state index contributed by atoms with van der Waals surface area (Å²) in [7, 11) is 0. The van der Waals surface area contributed by atoms with Crippen LogP contribution in [0.4, 0.5) is 4.39 Å². The Morgan fingerprint density at radius 1 is 1.20 bits per heavy atom. The van der Waals surface area contributed by atoms with Crippen LogP contribution in [0.5, 0.6) is 5.75 Å². The van der Waals surface area contributed by atoms with E-state index in [4.69, 9.17) is 16.3 Å². The number of likely N-dealkylation sites (tertiary alicyclic amines) is 1. The van der Waals surface area contributed by atoms with Crippen molar-refractivity contribution in [2.24, 2.45) is 0 Å². The Balaban J connectivity index is 2.21. The molecule has 5 nitrogen and oxygen atoms in total. The largest absolute Gasteiger partial charge is 0.507 e. The van der Waals surface area contributed by atoms with E-state index in [-0.39, 0.29) is 28.3 Å². The van der Waals surface area contributed by atoms with Gasteiger partial charge in [0.1, 0.15) is 17.3 Å². The first kappa shape index (κ1) is 21.8. The number of unbranched alkanes of at least 4 members (excludes halogenated alkanes) is 1. The summed E-state index contributed by atoms with van der Waals surface area (Å²) in [6.45, 7) is 4.43. The van der Waals surface area contributed by atoms with Gasteiger partial charge in [-0.3, -0.25) is 9.59 Å². The third-order valence-electron chi connectivity index (χ3n) is 5.00. The second-order valence-electron chi connectivity index (χ2n) is 6.94. The first-order chi connectivity index (χ1) is 14.4. The molecule has 1 heterocycles. The maximum Gasteiger partial charge on any atom is 0.295 e. The predicted octanol–water partition coefficient (Wildman–Crippen LogP) is 5.10. The second-order valence-corrected chi connectivity index (χ2v) is 7.35. The minimum absolute atomic E-state index is 0.145. The molecule has 2 aromatic carbocycles. The van der Waals surface area contributed by atoms with Crippen LogP contribution in [0.15, 0.2) is 48.0 Å². The van der Waals surface area contributed by atoms with Crippen LogP contribution < -0.4 is 4.74 Å². The summed E-state index contributed by atoms with van der Waals surface area (Å²) >= 11 is 6.27. The van der Waals surface area contributed by atoms with E-state index in [1.165, 1.54) is 35.2 Å². The smallest absolute Gasteiger partial charge is 0.295 e. The quantitative estimate of drug-likeness (QED) is 0.376. The molecular weight excluding hydrogens is 409 g/mol. The van der Waals surface area contributed by atoms with Gasteiger partial charge in [0.05, 0.1) is 23.2 Å². The summed E-state index contributed by atoms with van der Waals surface area (Å²) in [6.07, 6.45) is 1.42. The second kappa shape index (κ2) is 9.30. The maximum atomic E-state index is 14.7. The highest BCUT2D eigenvalue weighted by Gasteiger charge is 2.46. The Labute approximate surface area is 179 Å². The summed E-state index contributed by atoms with van der Waals surface area (Å²) in [5, 5.41) is 11.2. The number of benzene rings is 2. The van der Waals surface area contributed by atoms with E-state index in [1.54, 1.807) is 12.1 Å². The van der Waals surface area contributed by atoms with E-state index >= 15 is 0 Å². The number of rotatable bonds is 7. The molecule has 0 bridgehead atoms. The van der Waals surface area contributed by atoms with Gasteiger partial charge in [0.15, 0.2) is 0 Å². The van der Waals surface area contributed by atoms with Gasteiger partial charge in [-0.1, -0.05) is 43.1 Å². The fourth-order valence-electron chi connectivity index (χ4n) is 3.55. The molecule has 1 atom stereocenters. The molecule has 30 heavy (non-hydrogen) atoms. The Morgan fingerprint density at radius 2 is 1.93 bits per heavy atom. The van der Waals surface area contributed by atoms with Crippen molar-refractivity contribution in [3.63, 3.8) is 0 Å². The number of aliphatic hydroxyl groups is 1. The van der Waals surface area contributed by atoms with Crippen LogP contribution >= 0.6 is 11.6 Å². The third kappa shape index (κ3) is 4.05. The highest BCUT2D eigenvalue weighted by molar-refractivity contribution is 6.47. The number of nitrogens with zero attached hydrogens (tertiary/aromatic N) is 1. The first-order valence-electron chi connectivity index (χ1n) is 9.86. The van der Waals surface area contributed by atoms with Crippen LogP contribution in [0.3, 0.4) is 0 Å². The molecule has 1 N–H and O–H groups in total. The van der Waals surface area contributed by atoms with E-state index in [1.807, 2.05) is 13.8 Å². The number of amides is 1. The standard InChI is InChI=1S/C23H23ClFNO4/c1-3-5-12-26-20(15-8-6-7-9-18(15)25)19(22(28)23(26)29)21(27)16-13-14(30-4-2)10-11-17(16)24/h6-11,13,20,27H,3-5,12H2,1-2H3/b21-19+. The zero-order valence-corrected chi connectivity index (χ0v) is 17.6. The number of aliphatic hydroxyl groups excluding tert-OH is 1. The molecule has 1 aliphatic heterocycles. The monoisotopic (exact) mass is 431 g/mol. The molecule has 1 unspecified atom stereocenters. The van der Waals surface area contributed by atoms with Crippen molar-refractivity contribution in [1.29, 1.82) is 0 Å². The van der Waals surface area contributed by atoms with E-state index in [9.17, 15) is 19.1 Å². The lowest BCUT2D eigenvalue weighted by Crippen LogP contribution is -2.31. The summed E-state index contributed by atoms with van der Waals surface area (Å²) in [5.74, 6) is -2.20. The normalized spacial score (nSPS) is 18.1. The average molecular weight is 432 g/mol. The lowest BCUT2D eigenvalue weighted by Gasteiger charge is -2.25. The zero-order chi connectivity index (χ0) is 21.8. The van der Waals surface area contributed by atoms with Crippen molar-refractivity contribution in [2.75, 3.05) is 13.2 Å². The molecule has 0 spiro atoms. The van der Waals surface area contributed by atoms with Crippen molar-refractivity contribution in [3.8, 4) is 5.75 Å². The van der Waals surface area contributed by atoms with Gasteiger partial charge in [0.2, 0.25) is 0 Å². The van der Waals surface area contributed by atoms with Gasteiger partial charge in [-0.2, -0.15) is 0 Å². The zero-order valence-electron chi connectivity index (χ0n) is 16.8. The van der Waals surface area contributed by atoms with Crippen molar-refractivity contribution in [1.82, 2.24) is 4.90 Å². The highest BCUT2D eigenvalue weighted by atomic mass is 35.5. The Morgan fingerprint density at radius 3 is 2.60 bits per heavy atom. The van der Waals surface area contributed by atoms with Crippen molar-refractivity contribution in [3.05, 3.63) is 70.0 Å². The predicted molar refractivity (Wildman–Crippen MR) is 113 cm³/mol. The molecule has 1 fully saturated rings. The molecule has 1 amide bonds. The fourth-order valence-corrected chi connectivity index (χ4v) is 3.75. The van der Waals surface area contributed by atoms with Crippen LogP contribution in [-0.4, -0.2) is 34.8 Å². The topological polar surface area (TPSA) is 66.8 Å². The van der Waals surface area contributed by atoms with Crippen LogP contribution in [0.2, 0.25) is 5.02 Å². The number of hydrogen-bond donors (Lipinski definition) is 1. The van der Waals surface area contributed by atoms with Crippen LogP contribution in [-0.2, 0) is 9.59 Å². The Hall–Kier alpha value is -2.86. The number of Topliss-reactive ketones (excluding diaryl/α,β-unsaturated/α-hetero) is 1. The molecule has 0 aromatic heterocycles. The number of ether oxygens (including phenoxy) is 1. The van der Waals surface area contributed by atoms with Crippen LogP contribution in [0.1, 0.15) is 43.9 Å². The lowest BCUT2D eigenvalue weighted by molar-refractivity contribution is -0.139. The molecule has 0 aliphatic carbocycles. The van der Waals surface area contributed by atoms with Gasteiger partial charge in [-0.15, -0.1) is 0 Å². The van der Waals surface area contributed by atoms with E-state index in [2.05, 4.69) is 0 Å². The minimum atomic E-state index is -1.04. The molecule has 3 rings (SSSR count). The van der Waals surface area contributed by atoms with Gasteiger partial charge < -0.3 is 14.7 Å². The summed E-state index contributed by atoms with van der Waals surface area (Å²) in [6, 6.07) is 9.56. The van der Waals surface area contributed by atoms with Crippen molar-refractivity contribution < 1.29 is 23.8 Å². The van der Waals surface area contributed by atoms with Crippen LogP contribution in [0, 0.1) is 5.82 Å². The van der Waals surface area contributed by atoms with Crippen molar-refractivity contribution >= 4 is 29.1 Å². The van der Waals surface area contributed by atoms with E-state index in [0.717, 1.165) is 6.42 Å². The molecule has 1 aliphatic rings. The molecule has 0 saturated carbocycles. The van der Waals surface area contributed by atoms with Gasteiger partial charge >= 0.3 is 0 Å². The van der Waals surface area contributed by atoms with Gasteiger partial charge in [-0.25, -0.2) is 4.39 Å². The molecule has 7 heteroatoms. The number of halogens is 2. The van der Waals surface area contributed by atoms with Gasteiger partial charge in [0, 0.05) is 17.7 Å². The molecule has 2 aromatic rings. The molecule has 158 valence electrons. The number of carbonyl (C=O) groups excluding carboxylic acids is 2. The Bertz CT molecular complexity index is 1000. The van der Waals surface area contributed by atoms with E-state index < -0.39 is 29.3 Å². The average Bonchev–Trinajstić information content (AvgIpc) is 2.98. The number of carbonyl (C=O) groups is 2. The summed E-state index contributed by atoms with van der Waals surface area (Å²) in [5.41, 5.74) is 0.112. The maximum absolute atomic E-state index is 14.7. The van der Waals surface area contributed by atoms with Gasteiger partial charge in [0.25, 0.3) is 11.7 Å². The third-order valence-corrected chi connectivity index (χ3v) is 5.33. The molecule has 0 radical (unpaired) electrons.